The standard InChI is InChI=1S/C17H27NO2/c1-4-5-6-7-8-13-18-16-11-9-15(10-12-16)17(19)20-14(2)3/h9-12,14,18H,4-8,13H2,1-3H3. The Labute approximate surface area is 122 Å². The molecule has 0 aliphatic carbocycles. The second kappa shape index (κ2) is 9.40. The molecular weight excluding hydrogens is 250 g/mol. The van der Waals surface area contributed by atoms with Crippen molar-refractivity contribution in [2.24, 2.45) is 0 Å². The summed E-state index contributed by atoms with van der Waals surface area (Å²) in [5.74, 6) is -0.258. The number of benzene rings is 1. The summed E-state index contributed by atoms with van der Waals surface area (Å²) >= 11 is 0. The molecule has 112 valence electrons. The number of ether oxygens (including phenoxy) is 1. The lowest BCUT2D eigenvalue weighted by Gasteiger charge is -2.09. The molecule has 1 rings (SSSR count). The Morgan fingerprint density at radius 2 is 1.75 bits per heavy atom. The minimum atomic E-state index is -0.258. The molecule has 3 nitrogen and oxygen atoms in total. The molecule has 0 aliphatic rings. The third-order valence-electron chi connectivity index (χ3n) is 3.07. The molecule has 0 radical (unpaired) electrons. The summed E-state index contributed by atoms with van der Waals surface area (Å²) in [6.07, 6.45) is 6.31. The van der Waals surface area contributed by atoms with Gasteiger partial charge in [0.15, 0.2) is 0 Å². The molecule has 1 N–H and O–H groups in total. The average Bonchev–Trinajstić information content (AvgIpc) is 2.42. The normalized spacial score (nSPS) is 10.6. The van der Waals surface area contributed by atoms with E-state index in [4.69, 9.17) is 4.74 Å². The van der Waals surface area contributed by atoms with Crippen molar-refractivity contribution in [1.29, 1.82) is 0 Å². The quantitative estimate of drug-likeness (QED) is 0.528. The highest BCUT2D eigenvalue weighted by molar-refractivity contribution is 5.89. The maximum Gasteiger partial charge on any atom is 0.338 e. The lowest BCUT2D eigenvalue weighted by Crippen LogP contribution is -2.11. The van der Waals surface area contributed by atoms with Crippen molar-refractivity contribution in [2.75, 3.05) is 11.9 Å². The van der Waals surface area contributed by atoms with E-state index in [1.807, 2.05) is 38.1 Å². The molecule has 1 aromatic rings. The Kier molecular flexibility index (Phi) is 7.78. The first-order valence-electron chi connectivity index (χ1n) is 7.68. The minimum absolute atomic E-state index is 0.0802. The number of nitrogens with one attached hydrogen (secondary N) is 1. The van der Waals surface area contributed by atoms with Gasteiger partial charge in [-0.25, -0.2) is 4.79 Å². The third-order valence-corrected chi connectivity index (χ3v) is 3.07. The number of carbonyl (C=O) groups is 1. The van der Waals surface area contributed by atoms with Crippen LogP contribution < -0.4 is 5.32 Å². The molecule has 0 amide bonds. The van der Waals surface area contributed by atoms with Gasteiger partial charge >= 0.3 is 5.97 Å². The van der Waals surface area contributed by atoms with Gasteiger partial charge in [-0.15, -0.1) is 0 Å². The number of unbranched alkanes of at least 4 members (excludes halogenated alkanes) is 4. The summed E-state index contributed by atoms with van der Waals surface area (Å²) in [6, 6.07) is 7.49. The zero-order chi connectivity index (χ0) is 14.8. The molecule has 0 heterocycles. The minimum Gasteiger partial charge on any atom is -0.459 e. The van der Waals surface area contributed by atoms with E-state index in [0.717, 1.165) is 12.2 Å². The molecule has 0 atom stereocenters. The first-order chi connectivity index (χ1) is 9.63. The van der Waals surface area contributed by atoms with Gasteiger partial charge in [-0.2, -0.15) is 0 Å². The van der Waals surface area contributed by atoms with E-state index in [1.54, 1.807) is 0 Å². The highest BCUT2D eigenvalue weighted by atomic mass is 16.5. The topological polar surface area (TPSA) is 38.3 Å². The van der Waals surface area contributed by atoms with E-state index < -0.39 is 0 Å². The number of rotatable bonds is 9. The van der Waals surface area contributed by atoms with Crippen molar-refractivity contribution in [3.8, 4) is 0 Å². The summed E-state index contributed by atoms with van der Waals surface area (Å²) in [7, 11) is 0. The predicted octanol–water partition coefficient (Wildman–Crippen LogP) is 4.63. The van der Waals surface area contributed by atoms with E-state index in [2.05, 4.69) is 12.2 Å². The number of hydrogen-bond donors (Lipinski definition) is 1. The van der Waals surface area contributed by atoms with Crippen LogP contribution in [0, 0.1) is 0 Å². The number of hydrogen-bond acceptors (Lipinski definition) is 3. The Morgan fingerprint density at radius 1 is 1.10 bits per heavy atom. The molecular formula is C17H27NO2. The van der Waals surface area contributed by atoms with E-state index in [0.29, 0.717) is 5.56 Å². The zero-order valence-electron chi connectivity index (χ0n) is 12.9. The first kappa shape index (κ1) is 16.5. The van der Waals surface area contributed by atoms with Gasteiger partial charge in [0.1, 0.15) is 0 Å². The van der Waals surface area contributed by atoms with Crippen molar-refractivity contribution in [3.63, 3.8) is 0 Å². The molecule has 1 aromatic carbocycles. The van der Waals surface area contributed by atoms with Crippen LogP contribution in [0.5, 0.6) is 0 Å². The van der Waals surface area contributed by atoms with Gasteiger partial charge in [0.25, 0.3) is 0 Å². The second-order valence-electron chi connectivity index (χ2n) is 5.37. The maximum atomic E-state index is 11.7. The van der Waals surface area contributed by atoms with Gasteiger partial charge in [-0.3, -0.25) is 0 Å². The summed E-state index contributed by atoms with van der Waals surface area (Å²) in [6.45, 7) is 6.92. The van der Waals surface area contributed by atoms with Crippen molar-refractivity contribution < 1.29 is 9.53 Å². The molecule has 0 spiro atoms. The predicted molar refractivity (Wildman–Crippen MR) is 84.2 cm³/mol. The molecule has 20 heavy (non-hydrogen) atoms. The van der Waals surface area contributed by atoms with Crippen LogP contribution in [0.3, 0.4) is 0 Å². The van der Waals surface area contributed by atoms with Gasteiger partial charge < -0.3 is 10.1 Å². The van der Waals surface area contributed by atoms with Gasteiger partial charge in [0, 0.05) is 12.2 Å². The Bertz CT molecular complexity index is 384. The van der Waals surface area contributed by atoms with Crippen molar-refractivity contribution in [2.45, 2.75) is 59.0 Å². The molecule has 0 fully saturated rings. The molecule has 0 bridgehead atoms. The van der Waals surface area contributed by atoms with Gasteiger partial charge in [-0.1, -0.05) is 32.6 Å². The van der Waals surface area contributed by atoms with Crippen molar-refractivity contribution in [3.05, 3.63) is 29.8 Å². The van der Waals surface area contributed by atoms with Crippen LogP contribution in [-0.2, 0) is 4.74 Å². The van der Waals surface area contributed by atoms with Crippen LogP contribution >= 0.6 is 0 Å². The molecule has 0 aromatic heterocycles. The smallest absolute Gasteiger partial charge is 0.338 e. The highest BCUT2D eigenvalue weighted by Crippen LogP contribution is 2.12. The summed E-state index contributed by atoms with van der Waals surface area (Å²) in [4.78, 5) is 11.7. The van der Waals surface area contributed by atoms with Gasteiger partial charge in [-0.05, 0) is 44.5 Å². The average molecular weight is 277 g/mol. The van der Waals surface area contributed by atoms with Gasteiger partial charge in [0.2, 0.25) is 0 Å². The van der Waals surface area contributed by atoms with Crippen LogP contribution in [0.2, 0.25) is 0 Å². The SMILES string of the molecule is CCCCCCCNc1ccc(C(=O)OC(C)C)cc1. The maximum absolute atomic E-state index is 11.7. The Balaban J connectivity index is 2.30. The monoisotopic (exact) mass is 277 g/mol. The van der Waals surface area contributed by atoms with E-state index >= 15 is 0 Å². The lowest BCUT2D eigenvalue weighted by atomic mass is 10.1. The summed E-state index contributed by atoms with van der Waals surface area (Å²) in [5, 5.41) is 3.38. The molecule has 0 aliphatic heterocycles. The summed E-state index contributed by atoms with van der Waals surface area (Å²) in [5.41, 5.74) is 1.66. The molecule has 0 unspecified atom stereocenters. The van der Waals surface area contributed by atoms with E-state index in [1.165, 1.54) is 32.1 Å². The van der Waals surface area contributed by atoms with Crippen LogP contribution in [0.15, 0.2) is 24.3 Å². The molecule has 3 heteroatoms. The molecule has 0 saturated carbocycles. The number of esters is 1. The second-order valence-corrected chi connectivity index (χ2v) is 5.37. The van der Waals surface area contributed by atoms with Crippen LogP contribution in [0.4, 0.5) is 5.69 Å². The fourth-order valence-corrected chi connectivity index (χ4v) is 1.97. The number of carbonyl (C=O) groups excluding carboxylic acids is 1. The third kappa shape index (κ3) is 6.60. The zero-order valence-corrected chi connectivity index (χ0v) is 12.9. The van der Waals surface area contributed by atoms with E-state index in [-0.39, 0.29) is 12.1 Å². The highest BCUT2D eigenvalue weighted by Gasteiger charge is 2.08. The van der Waals surface area contributed by atoms with Crippen molar-refractivity contribution in [1.82, 2.24) is 0 Å². The lowest BCUT2D eigenvalue weighted by molar-refractivity contribution is 0.0378. The van der Waals surface area contributed by atoms with Crippen LogP contribution in [-0.4, -0.2) is 18.6 Å². The van der Waals surface area contributed by atoms with Crippen molar-refractivity contribution >= 4 is 11.7 Å². The summed E-state index contributed by atoms with van der Waals surface area (Å²) < 4.78 is 5.15. The Morgan fingerprint density at radius 3 is 2.35 bits per heavy atom. The fourth-order valence-electron chi connectivity index (χ4n) is 1.97. The first-order valence-corrected chi connectivity index (χ1v) is 7.68. The van der Waals surface area contributed by atoms with Gasteiger partial charge in [0.05, 0.1) is 11.7 Å². The van der Waals surface area contributed by atoms with Crippen LogP contribution in [0.25, 0.3) is 0 Å². The number of anilines is 1. The fraction of sp³-hybridized carbons (Fsp3) is 0.588. The van der Waals surface area contributed by atoms with Crippen LogP contribution in [0.1, 0.15) is 63.2 Å². The largest absolute Gasteiger partial charge is 0.459 e. The van der Waals surface area contributed by atoms with E-state index in [9.17, 15) is 4.79 Å². The Hall–Kier alpha value is -1.51. The molecule has 0 saturated heterocycles.